The van der Waals surface area contributed by atoms with Crippen LogP contribution in [0.5, 0.6) is 0 Å². The van der Waals surface area contributed by atoms with Crippen LogP contribution in [0, 0.1) is 0 Å². The first-order valence-corrected chi connectivity index (χ1v) is 8.73. The van der Waals surface area contributed by atoms with E-state index < -0.39 is 0 Å². The van der Waals surface area contributed by atoms with Crippen LogP contribution in [0.1, 0.15) is 15.9 Å². The highest BCUT2D eigenvalue weighted by Crippen LogP contribution is 2.14. The number of aromatic nitrogens is 2. The number of benzene rings is 2. The van der Waals surface area contributed by atoms with Gasteiger partial charge >= 0.3 is 0 Å². The summed E-state index contributed by atoms with van der Waals surface area (Å²) >= 11 is 11.8. The molecule has 0 bridgehead atoms. The fourth-order valence-electron chi connectivity index (χ4n) is 2.28. The molecule has 2 N–H and O–H groups in total. The maximum atomic E-state index is 12.2. The lowest BCUT2D eigenvalue weighted by Gasteiger charge is -2.07. The lowest BCUT2D eigenvalue weighted by Crippen LogP contribution is -2.14. The lowest BCUT2D eigenvalue weighted by molar-refractivity contribution is 0.102. The van der Waals surface area contributed by atoms with Gasteiger partial charge in [0, 0.05) is 34.7 Å². The molecule has 26 heavy (non-hydrogen) atoms. The molecule has 0 saturated heterocycles. The molecule has 0 aliphatic heterocycles. The molecule has 2 aromatic carbocycles. The van der Waals surface area contributed by atoms with E-state index in [0.717, 1.165) is 17.0 Å². The van der Waals surface area contributed by atoms with Crippen molar-refractivity contribution in [1.29, 1.82) is 0 Å². The number of carbonyl (C=O) groups is 1. The Bertz CT molecular complexity index is 883. The van der Waals surface area contributed by atoms with E-state index in [-0.39, 0.29) is 5.91 Å². The third kappa shape index (κ3) is 5.18. The lowest BCUT2D eigenvalue weighted by atomic mass is 10.1. The van der Waals surface area contributed by atoms with Crippen molar-refractivity contribution in [1.82, 2.24) is 9.97 Å². The first kappa shape index (κ1) is 18.2. The van der Waals surface area contributed by atoms with Gasteiger partial charge in [-0.1, -0.05) is 35.3 Å². The Morgan fingerprint density at radius 3 is 2.38 bits per heavy atom. The van der Waals surface area contributed by atoms with Gasteiger partial charge in [-0.15, -0.1) is 0 Å². The van der Waals surface area contributed by atoms with E-state index in [4.69, 9.17) is 23.2 Å². The Labute approximate surface area is 161 Å². The van der Waals surface area contributed by atoms with Crippen LogP contribution in [0.3, 0.4) is 0 Å². The fourth-order valence-corrected chi connectivity index (χ4v) is 2.62. The minimum Gasteiger partial charge on any atom is -0.354 e. The molecule has 3 rings (SSSR count). The molecule has 3 aromatic rings. The van der Waals surface area contributed by atoms with Gasteiger partial charge in [0.05, 0.1) is 5.56 Å². The highest BCUT2D eigenvalue weighted by atomic mass is 35.5. The minimum absolute atomic E-state index is 0.280. The second kappa shape index (κ2) is 8.65. The second-order valence-corrected chi connectivity index (χ2v) is 6.44. The van der Waals surface area contributed by atoms with Crippen molar-refractivity contribution in [3.63, 3.8) is 0 Å². The molecule has 132 valence electrons. The molecule has 1 amide bonds. The molecular weight excluding hydrogens is 371 g/mol. The number of halogens is 2. The number of carbonyl (C=O) groups excluding carboxylic acids is 1. The monoisotopic (exact) mass is 386 g/mol. The van der Waals surface area contributed by atoms with Gasteiger partial charge < -0.3 is 10.6 Å². The van der Waals surface area contributed by atoms with Gasteiger partial charge in [0.2, 0.25) is 5.95 Å². The van der Waals surface area contributed by atoms with Gasteiger partial charge in [0.1, 0.15) is 0 Å². The topological polar surface area (TPSA) is 66.9 Å². The van der Waals surface area contributed by atoms with Gasteiger partial charge in [-0.2, -0.15) is 0 Å². The number of hydrogen-bond donors (Lipinski definition) is 2. The van der Waals surface area contributed by atoms with Crippen LogP contribution in [0.2, 0.25) is 10.0 Å². The SMILES string of the molecule is O=C(Nc1ccc(Cl)cc1)c1cnc(NCCc2cccc(Cl)c2)nc1. The fraction of sp³-hybridized carbons (Fsp3) is 0.105. The summed E-state index contributed by atoms with van der Waals surface area (Å²) in [5.74, 6) is 0.188. The van der Waals surface area contributed by atoms with E-state index in [1.165, 1.54) is 12.4 Å². The molecule has 1 heterocycles. The van der Waals surface area contributed by atoms with Crippen LogP contribution in [0.25, 0.3) is 0 Å². The zero-order valence-electron chi connectivity index (χ0n) is 13.7. The van der Waals surface area contributed by atoms with Crippen LogP contribution in [0.4, 0.5) is 11.6 Å². The molecule has 0 radical (unpaired) electrons. The van der Waals surface area contributed by atoms with Crippen molar-refractivity contribution in [2.45, 2.75) is 6.42 Å². The van der Waals surface area contributed by atoms with E-state index in [9.17, 15) is 4.79 Å². The average Bonchev–Trinajstić information content (AvgIpc) is 2.64. The quantitative estimate of drug-likeness (QED) is 0.644. The highest BCUT2D eigenvalue weighted by Gasteiger charge is 2.08. The summed E-state index contributed by atoms with van der Waals surface area (Å²) < 4.78 is 0. The predicted octanol–water partition coefficient (Wildman–Crippen LogP) is 4.69. The van der Waals surface area contributed by atoms with Crippen molar-refractivity contribution < 1.29 is 4.79 Å². The number of nitrogens with one attached hydrogen (secondary N) is 2. The number of hydrogen-bond acceptors (Lipinski definition) is 4. The van der Waals surface area contributed by atoms with Crippen molar-refractivity contribution in [3.8, 4) is 0 Å². The van der Waals surface area contributed by atoms with Crippen LogP contribution < -0.4 is 10.6 Å². The third-order valence-electron chi connectivity index (χ3n) is 3.60. The molecule has 0 fully saturated rings. The molecule has 0 saturated carbocycles. The molecule has 0 aliphatic rings. The maximum absolute atomic E-state index is 12.2. The largest absolute Gasteiger partial charge is 0.354 e. The van der Waals surface area contributed by atoms with Crippen LogP contribution in [-0.4, -0.2) is 22.4 Å². The van der Waals surface area contributed by atoms with Crippen LogP contribution in [-0.2, 0) is 6.42 Å². The molecule has 0 aliphatic carbocycles. The number of amides is 1. The summed E-state index contributed by atoms with van der Waals surface area (Å²) in [4.78, 5) is 20.5. The van der Waals surface area contributed by atoms with Gasteiger partial charge in [-0.25, -0.2) is 9.97 Å². The Balaban J connectivity index is 1.52. The van der Waals surface area contributed by atoms with Crippen molar-refractivity contribution >= 4 is 40.7 Å². The van der Waals surface area contributed by atoms with Crippen LogP contribution in [0.15, 0.2) is 60.9 Å². The van der Waals surface area contributed by atoms with E-state index in [1.807, 2.05) is 24.3 Å². The number of anilines is 2. The van der Waals surface area contributed by atoms with Gasteiger partial charge in [-0.05, 0) is 48.4 Å². The van der Waals surface area contributed by atoms with Gasteiger partial charge in [-0.3, -0.25) is 4.79 Å². The number of rotatable bonds is 6. The Morgan fingerprint density at radius 1 is 0.962 bits per heavy atom. The Kier molecular flexibility index (Phi) is 6.04. The molecule has 0 spiro atoms. The molecule has 0 unspecified atom stereocenters. The standard InChI is InChI=1S/C19H16Cl2N4O/c20-15-4-6-17(7-5-15)25-18(26)14-11-23-19(24-12-14)22-9-8-13-2-1-3-16(21)10-13/h1-7,10-12H,8-9H2,(H,25,26)(H,22,23,24). The minimum atomic E-state index is -0.280. The van der Waals surface area contributed by atoms with E-state index in [0.29, 0.717) is 28.8 Å². The number of nitrogens with zero attached hydrogens (tertiary/aromatic N) is 2. The summed E-state index contributed by atoms with van der Waals surface area (Å²) in [6.45, 7) is 0.663. The van der Waals surface area contributed by atoms with Crippen molar-refractivity contribution in [2.24, 2.45) is 0 Å². The molecular formula is C19H16Cl2N4O. The molecule has 1 aromatic heterocycles. The first-order valence-electron chi connectivity index (χ1n) is 7.97. The van der Waals surface area contributed by atoms with Crippen LogP contribution >= 0.6 is 23.2 Å². The normalized spacial score (nSPS) is 10.4. The Morgan fingerprint density at radius 2 is 1.69 bits per heavy atom. The molecule has 0 atom stereocenters. The zero-order chi connectivity index (χ0) is 18.4. The van der Waals surface area contributed by atoms with Crippen molar-refractivity contribution in [2.75, 3.05) is 17.2 Å². The van der Waals surface area contributed by atoms with Gasteiger partial charge in [0.25, 0.3) is 5.91 Å². The van der Waals surface area contributed by atoms with Crippen molar-refractivity contribution in [3.05, 3.63) is 82.1 Å². The van der Waals surface area contributed by atoms with E-state index >= 15 is 0 Å². The summed E-state index contributed by atoms with van der Waals surface area (Å²) in [6.07, 6.45) is 3.77. The third-order valence-corrected chi connectivity index (χ3v) is 4.09. The predicted molar refractivity (Wildman–Crippen MR) is 105 cm³/mol. The summed E-state index contributed by atoms with van der Waals surface area (Å²) in [7, 11) is 0. The second-order valence-electron chi connectivity index (χ2n) is 5.56. The van der Waals surface area contributed by atoms with Gasteiger partial charge in [0.15, 0.2) is 0 Å². The zero-order valence-corrected chi connectivity index (χ0v) is 15.3. The highest BCUT2D eigenvalue weighted by molar-refractivity contribution is 6.30. The van der Waals surface area contributed by atoms with E-state index in [1.54, 1.807) is 24.3 Å². The summed E-state index contributed by atoms with van der Waals surface area (Å²) in [6, 6.07) is 14.6. The average molecular weight is 387 g/mol. The van der Waals surface area contributed by atoms with E-state index in [2.05, 4.69) is 20.6 Å². The Hall–Kier alpha value is -2.63. The molecule has 7 heteroatoms. The summed E-state index contributed by atoms with van der Waals surface area (Å²) in [5.41, 5.74) is 2.16. The molecule has 5 nitrogen and oxygen atoms in total. The first-order chi connectivity index (χ1) is 12.6. The smallest absolute Gasteiger partial charge is 0.258 e. The maximum Gasteiger partial charge on any atom is 0.258 e. The summed E-state index contributed by atoms with van der Waals surface area (Å²) in [5, 5.41) is 7.22.